The Balaban J connectivity index is 2.67. The number of anilines is 1. The van der Waals surface area contributed by atoms with Crippen LogP contribution in [0.2, 0.25) is 0 Å². The van der Waals surface area contributed by atoms with E-state index in [9.17, 15) is 8.42 Å². The topological polar surface area (TPSA) is 76.3 Å². The van der Waals surface area contributed by atoms with Gasteiger partial charge in [-0.05, 0) is 20.9 Å². The Hall–Kier alpha value is -0.660. The molecular formula is C10H19N3O2S2. The lowest BCUT2D eigenvalue weighted by Crippen LogP contribution is -2.40. The highest BCUT2D eigenvalue weighted by Gasteiger charge is 2.25. The monoisotopic (exact) mass is 277 g/mol. The van der Waals surface area contributed by atoms with Gasteiger partial charge in [-0.3, -0.25) is 4.90 Å². The molecule has 0 saturated heterocycles. The van der Waals surface area contributed by atoms with E-state index in [0.29, 0.717) is 11.7 Å². The lowest BCUT2D eigenvalue weighted by atomic mass is 10.2. The molecule has 17 heavy (non-hydrogen) atoms. The lowest BCUT2D eigenvalue weighted by molar-refractivity contribution is 0.247. The van der Waals surface area contributed by atoms with E-state index < -0.39 is 15.1 Å². The second-order valence-corrected chi connectivity index (χ2v) is 7.90. The molecule has 7 heteroatoms. The van der Waals surface area contributed by atoms with E-state index in [0.717, 1.165) is 4.88 Å². The number of nitrogens with zero attached hydrogens (tertiary/aromatic N) is 2. The highest BCUT2D eigenvalue weighted by molar-refractivity contribution is 7.91. The van der Waals surface area contributed by atoms with E-state index in [1.807, 2.05) is 18.9 Å². The summed E-state index contributed by atoms with van der Waals surface area (Å²) in [6.07, 6.45) is 3.00. The van der Waals surface area contributed by atoms with E-state index >= 15 is 0 Å². The fourth-order valence-electron chi connectivity index (χ4n) is 1.50. The van der Waals surface area contributed by atoms with Crippen LogP contribution in [0, 0.1) is 0 Å². The molecule has 0 spiro atoms. The summed E-state index contributed by atoms with van der Waals surface area (Å²) in [4.78, 5) is 7.01. The summed E-state index contributed by atoms with van der Waals surface area (Å²) in [5.74, 6) is 0. The smallest absolute Gasteiger partial charge is 0.180 e. The van der Waals surface area contributed by atoms with Gasteiger partial charge in [-0.15, -0.1) is 11.3 Å². The molecule has 0 aliphatic heterocycles. The third kappa shape index (κ3) is 3.93. The van der Waals surface area contributed by atoms with Crippen LogP contribution >= 0.6 is 11.3 Å². The summed E-state index contributed by atoms with van der Waals surface area (Å²) in [5.41, 5.74) is 5.55. The first-order valence-electron chi connectivity index (χ1n) is 5.31. The Kier molecular flexibility index (Phi) is 4.51. The number of rotatable bonds is 5. The van der Waals surface area contributed by atoms with Gasteiger partial charge in [0.2, 0.25) is 0 Å². The van der Waals surface area contributed by atoms with Crippen LogP contribution in [0.3, 0.4) is 0 Å². The van der Waals surface area contributed by atoms with Gasteiger partial charge in [-0.25, -0.2) is 13.4 Å². The van der Waals surface area contributed by atoms with E-state index in [4.69, 9.17) is 5.73 Å². The minimum atomic E-state index is -3.01. The Bertz CT molecular complexity index is 470. The number of hydrogen-bond acceptors (Lipinski definition) is 6. The van der Waals surface area contributed by atoms with E-state index in [-0.39, 0.29) is 6.04 Å². The second-order valence-electron chi connectivity index (χ2n) is 4.36. The first-order chi connectivity index (χ1) is 7.71. The fourth-order valence-corrected chi connectivity index (χ4v) is 3.17. The number of nitrogens with two attached hydrogens (primary N) is 1. The van der Waals surface area contributed by atoms with Gasteiger partial charge in [-0.2, -0.15) is 0 Å². The maximum Gasteiger partial charge on any atom is 0.180 e. The van der Waals surface area contributed by atoms with Crippen LogP contribution in [0.15, 0.2) is 6.20 Å². The van der Waals surface area contributed by atoms with Crippen LogP contribution in [0.4, 0.5) is 5.13 Å². The van der Waals surface area contributed by atoms with Crippen LogP contribution in [0.1, 0.15) is 18.7 Å². The molecule has 0 aromatic carbocycles. The van der Waals surface area contributed by atoms with Gasteiger partial charge in [0.15, 0.2) is 15.0 Å². The van der Waals surface area contributed by atoms with Gasteiger partial charge < -0.3 is 5.73 Å². The van der Waals surface area contributed by atoms with Crippen molar-refractivity contribution in [3.05, 3.63) is 11.1 Å². The third-order valence-corrected chi connectivity index (χ3v) is 5.58. The van der Waals surface area contributed by atoms with Crippen molar-refractivity contribution >= 4 is 26.3 Å². The Labute approximate surface area is 107 Å². The molecule has 98 valence electrons. The van der Waals surface area contributed by atoms with Gasteiger partial charge >= 0.3 is 0 Å². The zero-order valence-electron chi connectivity index (χ0n) is 10.5. The third-order valence-electron chi connectivity index (χ3n) is 3.03. The lowest BCUT2D eigenvalue weighted by Gasteiger charge is -2.28. The molecule has 0 fully saturated rings. The zero-order chi connectivity index (χ0) is 13.2. The van der Waals surface area contributed by atoms with E-state index in [1.165, 1.54) is 17.6 Å². The van der Waals surface area contributed by atoms with Crippen LogP contribution in [-0.2, 0) is 16.4 Å². The Morgan fingerprint density at radius 1 is 1.53 bits per heavy atom. The van der Waals surface area contributed by atoms with E-state index in [1.54, 1.807) is 13.1 Å². The Morgan fingerprint density at radius 2 is 2.12 bits per heavy atom. The summed E-state index contributed by atoms with van der Waals surface area (Å²) in [5, 5.41) is 0.148. The van der Waals surface area contributed by atoms with Crippen molar-refractivity contribution < 1.29 is 8.42 Å². The number of sulfone groups is 1. The number of aromatic nitrogens is 1. The normalized spacial score (nSPS) is 16.1. The standard InChI is InChI=1S/C10H19N3O2S2/c1-7(8(2)17(4,14)15)13(3)6-9-5-12-10(11)16-9/h5,7-8H,6H2,1-4H3,(H2,11,12). The van der Waals surface area contributed by atoms with Gasteiger partial charge in [0, 0.05) is 29.9 Å². The van der Waals surface area contributed by atoms with E-state index in [2.05, 4.69) is 4.98 Å². The van der Waals surface area contributed by atoms with Crippen LogP contribution < -0.4 is 5.73 Å². The highest BCUT2D eigenvalue weighted by atomic mass is 32.2. The molecule has 2 N–H and O–H groups in total. The molecular weight excluding hydrogens is 258 g/mol. The SMILES string of the molecule is CC(C(C)S(C)(=O)=O)N(C)Cc1cnc(N)s1. The van der Waals surface area contributed by atoms with Crippen LogP contribution in [0.25, 0.3) is 0 Å². The average Bonchev–Trinajstić information content (AvgIpc) is 2.60. The molecule has 1 heterocycles. The van der Waals surface area contributed by atoms with Crippen molar-refractivity contribution in [2.24, 2.45) is 0 Å². The minimum absolute atomic E-state index is 0.0478. The van der Waals surface area contributed by atoms with Gasteiger partial charge in [0.1, 0.15) is 0 Å². The molecule has 1 aromatic rings. The molecule has 0 amide bonds. The van der Waals surface area contributed by atoms with Gasteiger partial charge in [0.25, 0.3) is 0 Å². The predicted octanol–water partition coefficient (Wildman–Crippen LogP) is 0.979. The largest absolute Gasteiger partial charge is 0.375 e. The maximum absolute atomic E-state index is 11.5. The predicted molar refractivity (Wildman–Crippen MR) is 71.8 cm³/mol. The quantitative estimate of drug-likeness (QED) is 0.868. The molecule has 1 aromatic heterocycles. The minimum Gasteiger partial charge on any atom is -0.375 e. The van der Waals surface area contributed by atoms with Crippen LogP contribution in [0.5, 0.6) is 0 Å². The van der Waals surface area contributed by atoms with Gasteiger partial charge in [-0.1, -0.05) is 0 Å². The van der Waals surface area contributed by atoms with Crippen molar-refractivity contribution in [3.8, 4) is 0 Å². The molecule has 0 saturated carbocycles. The van der Waals surface area contributed by atoms with Crippen molar-refractivity contribution in [1.29, 1.82) is 0 Å². The molecule has 1 rings (SSSR count). The number of nitrogen functional groups attached to an aromatic ring is 1. The molecule has 2 atom stereocenters. The summed E-state index contributed by atoms with van der Waals surface area (Å²) in [6, 6.07) is -0.0478. The Morgan fingerprint density at radius 3 is 2.53 bits per heavy atom. The molecule has 5 nitrogen and oxygen atoms in total. The number of hydrogen-bond donors (Lipinski definition) is 1. The first kappa shape index (κ1) is 14.4. The summed E-state index contributed by atoms with van der Waals surface area (Å²) in [7, 11) is -1.11. The molecule has 0 radical (unpaired) electrons. The van der Waals surface area contributed by atoms with Crippen molar-refractivity contribution in [1.82, 2.24) is 9.88 Å². The summed E-state index contributed by atoms with van der Waals surface area (Å²) >= 11 is 1.43. The molecule has 0 aliphatic carbocycles. The van der Waals surface area contributed by atoms with Crippen molar-refractivity contribution in [2.45, 2.75) is 31.7 Å². The van der Waals surface area contributed by atoms with Crippen LogP contribution in [-0.4, -0.2) is 42.9 Å². The summed E-state index contributed by atoms with van der Waals surface area (Å²) < 4.78 is 23.0. The summed E-state index contributed by atoms with van der Waals surface area (Å²) in [6.45, 7) is 4.31. The van der Waals surface area contributed by atoms with Gasteiger partial charge in [0.05, 0.1) is 5.25 Å². The second kappa shape index (κ2) is 5.32. The van der Waals surface area contributed by atoms with Crippen molar-refractivity contribution in [2.75, 3.05) is 19.0 Å². The molecule has 0 bridgehead atoms. The number of thiazole rings is 1. The highest BCUT2D eigenvalue weighted by Crippen LogP contribution is 2.18. The average molecular weight is 277 g/mol. The molecule has 2 unspecified atom stereocenters. The first-order valence-corrected chi connectivity index (χ1v) is 8.08. The maximum atomic E-state index is 11.5. The molecule has 0 aliphatic rings. The zero-order valence-corrected chi connectivity index (χ0v) is 12.2. The van der Waals surface area contributed by atoms with Crippen molar-refractivity contribution in [3.63, 3.8) is 0 Å². The fraction of sp³-hybridized carbons (Fsp3) is 0.700.